The van der Waals surface area contributed by atoms with E-state index in [0.29, 0.717) is 6.04 Å². The highest BCUT2D eigenvalue weighted by Gasteiger charge is 2.33. The van der Waals surface area contributed by atoms with E-state index in [2.05, 4.69) is 18.4 Å². The molecule has 2 nitrogen and oxygen atoms in total. The summed E-state index contributed by atoms with van der Waals surface area (Å²) in [6, 6.07) is 0.847. The lowest BCUT2D eigenvalue weighted by Crippen LogP contribution is -2.21. The van der Waals surface area contributed by atoms with Gasteiger partial charge in [0, 0.05) is 12.6 Å². The zero-order valence-electron chi connectivity index (χ0n) is 5.75. The highest BCUT2D eigenvalue weighted by atomic mass is 16.3. The first-order chi connectivity index (χ1) is 4.29. The molecule has 0 saturated carbocycles. The fraction of sp³-hybridized carbons (Fsp3) is 0.714. The SMILES string of the molecule is C=C[C@@H](CO)N1CC1C. The van der Waals surface area contributed by atoms with E-state index in [1.807, 2.05) is 0 Å². The largest absolute Gasteiger partial charge is 0.394 e. The average Bonchev–Trinajstić information content (AvgIpc) is 2.51. The molecule has 0 bridgehead atoms. The van der Waals surface area contributed by atoms with E-state index >= 15 is 0 Å². The van der Waals surface area contributed by atoms with Crippen LogP contribution in [0.5, 0.6) is 0 Å². The minimum atomic E-state index is 0.194. The lowest BCUT2D eigenvalue weighted by atomic mass is 10.3. The van der Waals surface area contributed by atoms with Crippen LogP contribution in [0.3, 0.4) is 0 Å². The maximum absolute atomic E-state index is 8.74. The molecular formula is C7H13NO. The lowest BCUT2D eigenvalue weighted by Gasteiger charge is -2.08. The third-order valence-corrected chi connectivity index (χ3v) is 1.79. The Balaban J connectivity index is 2.31. The number of aliphatic hydroxyl groups is 1. The van der Waals surface area contributed by atoms with Crippen LogP contribution in [0, 0.1) is 0 Å². The van der Waals surface area contributed by atoms with Gasteiger partial charge in [-0.3, -0.25) is 4.90 Å². The second kappa shape index (κ2) is 2.50. The summed E-state index contributed by atoms with van der Waals surface area (Å²) in [6.45, 7) is 7.08. The van der Waals surface area contributed by atoms with Crippen LogP contribution in [0.15, 0.2) is 12.7 Å². The zero-order chi connectivity index (χ0) is 6.85. The predicted octanol–water partition coefficient (Wildman–Crippen LogP) is 0.237. The molecule has 2 heteroatoms. The first kappa shape index (κ1) is 6.78. The number of rotatable bonds is 3. The van der Waals surface area contributed by atoms with Gasteiger partial charge in [-0.1, -0.05) is 6.08 Å². The molecule has 0 aromatic rings. The fourth-order valence-corrected chi connectivity index (χ4v) is 1.04. The van der Waals surface area contributed by atoms with Gasteiger partial charge >= 0.3 is 0 Å². The molecule has 1 N–H and O–H groups in total. The maximum Gasteiger partial charge on any atom is 0.0622 e. The van der Waals surface area contributed by atoms with Gasteiger partial charge in [-0.05, 0) is 6.92 Å². The van der Waals surface area contributed by atoms with Crippen LogP contribution >= 0.6 is 0 Å². The summed E-state index contributed by atoms with van der Waals surface area (Å²) in [5.41, 5.74) is 0. The van der Waals surface area contributed by atoms with Gasteiger partial charge in [-0.2, -0.15) is 0 Å². The van der Waals surface area contributed by atoms with E-state index in [4.69, 9.17) is 5.11 Å². The van der Waals surface area contributed by atoms with E-state index < -0.39 is 0 Å². The van der Waals surface area contributed by atoms with Crippen LogP contribution in [0.1, 0.15) is 6.92 Å². The fourth-order valence-electron chi connectivity index (χ4n) is 1.04. The molecule has 2 unspecified atom stereocenters. The van der Waals surface area contributed by atoms with E-state index in [1.165, 1.54) is 0 Å². The van der Waals surface area contributed by atoms with Crippen LogP contribution in [0.25, 0.3) is 0 Å². The van der Waals surface area contributed by atoms with Gasteiger partial charge in [0.15, 0.2) is 0 Å². The molecule has 3 atom stereocenters. The summed E-state index contributed by atoms with van der Waals surface area (Å²) < 4.78 is 0. The molecule has 0 aromatic carbocycles. The van der Waals surface area contributed by atoms with Gasteiger partial charge in [0.05, 0.1) is 12.6 Å². The molecule has 1 saturated heterocycles. The molecular weight excluding hydrogens is 114 g/mol. The van der Waals surface area contributed by atoms with Crippen molar-refractivity contribution in [2.45, 2.75) is 19.0 Å². The molecule has 1 heterocycles. The van der Waals surface area contributed by atoms with Crippen molar-refractivity contribution in [2.75, 3.05) is 13.2 Å². The Hall–Kier alpha value is -0.340. The van der Waals surface area contributed by atoms with E-state index in [9.17, 15) is 0 Å². The predicted molar refractivity (Wildman–Crippen MR) is 37.2 cm³/mol. The number of hydrogen-bond donors (Lipinski definition) is 1. The molecule has 0 aromatic heterocycles. The summed E-state index contributed by atoms with van der Waals surface area (Å²) in [4.78, 5) is 2.20. The van der Waals surface area contributed by atoms with Crippen LogP contribution in [-0.2, 0) is 0 Å². The van der Waals surface area contributed by atoms with Crippen molar-refractivity contribution in [2.24, 2.45) is 0 Å². The Bertz CT molecular complexity index is 113. The minimum absolute atomic E-state index is 0.194. The summed E-state index contributed by atoms with van der Waals surface area (Å²) in [5.74, 6) is 0. The van der Waals surface area contributed by atoms with Gasteiger partial charge in [0.2, 0.25) is 0 Å². The number of hydrogen-bond acceptors (Lipinski definition) is 2. The molecule has 1 fully saturated rings. The molecule has 52 valence electrons. The standard InChI is InChI=1S/C7H13NO/c1-3-7(5-9)8-4-6(8)2/h3,6-7,9H,1,4-5H2,2H3/t6?,7-,8?/m0/s1. The summed E-state index contributed by atoms with van der Waals surface area (Å²) in [6.07, 6.45) is 1.80. The Labute approximate surface area is 55.8 Å². The lowest BCUT2D eigenvalue weighted by molar-refractivity contribution is 0.228. The molecule has 0 radical (unpaired) electrons. The van der Waals surface area contributed by atoms with Crippen molar-refractivity contribution < 1.29 is 5.11 Å². The van der Waals surface area contributed by atoms with Crippen LogP contribution < -0.4 is 0 Å². The van der Waals surface area contributed by atoms with Crippen LogP contribution in [0.2, 0.25) is 0 Å². The van der Waals surface area contributed by atoms with Gasteiger partial charge in [0.25, 0.3) is 0 Å². The van der Waals surface area contributed by atoms with Crippen molar-refractivity contribution in [1.29, 1.82) is 0 Å². The van der Waals surface area contributed by atoms with Gasteiger partial charge < -0.3 is 5.11 Å². The molecule has 0 aliphatic carbocycles. The van der Waals surface area contributed by atoms with Gasteiger partial charge in [-0.15, -0.1) is 6.58 Å². The Morgan fingerprint density at radius 3 is 2.67 bits per heavy atom. The van der Waals surface area contributed by atoms with E-state index in [1.54, 1.807) is 6.08 Å². The van der Waals surface area contributed by atoms with Crippen molar-refractivity contribution in [3.63, 3.8) is 0 Å². The van der Waals surface area contributed by atoms with Crippen molar-refractivity contribution in [3.8, 4) is 0 Å². The highest BCUT2D eigenvalue weighted by molar-refractivity contribution is 4.98. The van der Waals surface area contributed by atoms with E-state index in [-0.39, 0.29) is 12.6 Å². The first-order valence-corrected chi connectivity index (χ1v) is 3.28. The van der Waals surface area contributed by atoms with E-state index in [0.717, 1.165) is 6.54 Å². The second-order valence-corrected chi connectivity index (χ2v) is 2.53. The molecule has 1 aliphatic rings. The quantitative estimate of drug-likeness (QED) is 0.433. The highest BCUT2D eigenvalue weighted by Crippen LogP contribution is 2.20. The molecule has 0 spiro atoms. The smallest absolute Gasteiger partial charge is 0.0622 e. The molecule has 0 amide bonds. The monoisotopic (exact) mass is 127 g/mol. The topological polar surface area (TPSA) is 23.2 Å². The van der Waals surface area contributed by atoms with Crippen LogP contribution in [0.4, 0.5) is 0 Å². The van der Waals surface area contributed by atoms with Gasteiger partial charge in [-0.25, -0.2) is 0 Å². The van der Waals surface area contributed by atoms with Crippen molar-refractivity contribution in [1.82, 2.24) is 4.90 Å². The van der Waals surface area contributed by atoms with Crippen LogP contribution in [-0.4, -0.2) is 35.2 Å². The Kier molecular flexibility index (Phi) is 1.88. The van der Waals surface area contributed by atoms with Crippen molar-refractivity contribution in [3.05, 3.63) is 12.7 Å². The number of nitrogens with zero attached hydrogens (tertiary/aromatic N) is 1. The van der Waals surface area contributed by atoms with Gasteiger partial charge in [0.1, 0.15) is 0 Å². The normalized spacial score (nSPS) is 35.8. The average molecular weight is 127 g/mol. The second-order valence-electron chi connectivity index (χ2n) is 2.53. The van der Waals surface area contributed by atoms with Crippen molar-refractivity contribution >= 4 is 0 Å². The third kappa shape index (κ3) is 1.32. The Morgan fingerprint density at radius 2 is 2.56 bits per heavy atom. The minimum Gasteiger partial charge on any atom is -0.394 e. The third-order valence-electron chi connectivity index (χ3n) is 1.79. The first-order valence-electron chi connectivity index (χ1n) is 3.28. The Morgan fingerprint density at radius 1 is 2.00 bits per heavy atom. The summed E-state index contributed by atoms with van der Waals surface area (Å²) in [7, 11) is 0. The molecule has 1 rings (SSSR count). The molecule has 1 aliphatic heterocycles. The number of aliphatic hydroxyl groups excluding tert-OH is 1. The zero-order valence-corrected chi connectivity index (χ0v) is 5.75. The summed E-state index contributed by atoms with van der Waals surface area (Å²) in [5, 5.41) is 8.74. The maximum atomic E-state index is 8.74. The summed E-state index contributed by atoms with van der Waals surface area (Å²) >= 11 is 0. The molecule has 9 heavy (non-hydrogen) atoms.